The summed E-state index contributed by atoms with van der Waals surface area (Å²) >= 11 is 0. The molecule has 1 aromatic carbocycles. The minimum atomic E-state index is 0.744. The van der Waals surface area contributed by atoms with E-state index in [0.29, 0.717) is 0 Å². The van der Waals surface area contributed by atoms with Crippen LogP contribution in [0.3, 0.4) is 0 Å². The van der Waals surface area contributed by atoms with E-state index in [1.54, 1.807) is 0 Å². The first-order valence-corrected chi connectivity index (χ1v) is 7.33. The minimum absolute atomic E-state index is 0.744. The van der Waals surface area contributed by atoms with E-state index in [1.807, 2.05) is 0 Å². The van der Waals surface area contributed by atoms with Gasteiger partial charge in [0.15, 0.2) is 0 Å². The summed E-state index contributed by atoms with van der Waals surface area (Å²) < 4.78 is 0. The van der Waals surface area contributed by atoms with Crippen molar-refractivity contribution in [1.29, 1.82) is 0 Å². The number of hydrogen-bond acceptors (Lipinski definition) is 1. The largest absolute Gasteiger partial charge is 0.311 e. The zero-order valence-corrected chi connectivity index (χ0v) is 11.4. The van der Waals surface area contributed by atoms with Gasteiger partial charge in [0.1, 0.15) is 0 Å². The second-order valence-electron chi connectivity index (χ2n) is 5.35. The quantitative estimate of drug-likeness (QED) is 0.815. The number of benzene rings is 1. The fourth-order valence-corrected chi connectivity index (χ4v) is 2.77. The van der Waals surface area contributed by atoms with Gasteiger partial charge in [-0.05, 0) is 37.2 Å². The second kappa shape index (κ2) is 7.38. The lowest BCUT2D eigenvalue weighted by atomic mass is 9.84. The van der Waals surface area contributed by atoms with Gasteiger partial charge in [-0.3, -0.25) is 0 Å². The SMILES string of the molecule is CCC1CCC(NCC=Cc2ccccc2)CC1. The van der Waals surface area contributed by atoms with Crippen LogP contribution in [0.15, 0.2) is 36.4 Å². The van der Waals surface area contributed by atoms with Crippen molar-refractivity contribution in [3.05, 3.63) is 42.0 Å². The molecular formula is C17H25N. The van der Waals surface area contributed by atoms with Crippen molar-refractivity contribution in [2.24, 2.45) is 5.92 Å². The molecule has 1 aliphatic rings. The van der Waals surface area contributed by atoms with Crippen LogP contribution in [-0.2, 0) is 0 Å². The minimum Gasteiger partial charge on any atom is -0.311 e. The maximum absolute atomic E-state index is 3.65. The summed E-state index contributed by atoms with van der Waals surface area (Å²) in [6.45, 7) is 3.32. The third kappa shape index (κ3) is 4.30. The topological polar surface area (TPSA) is 12.0 Å². The Hall–Kier alpha value is -1.08. The van der Waals surface area contributed by atoms with Crippen molar-refractivity contribution < 1.29 is 0 Å². The smallest absolute Gasteiger partial charge is 0.0140 e. The molecule has 1 saturated carbocycles. The summed E-state index contributed by atoms with van der Waals surface area (Å²) in [5.74, 6) is 0.989. The molecule has 2 rings (SSSR count). The fourth-order valence-electron chi connectivity index (χ4n) is 2.77. The van der Waals surface area contributed by atoms with E-state index in [4.69, 9.17) is 0 Å². The predicted octanol–water partition coefficient (Wildman–Crippen LogP) is 4.26. The first-order chi connectivity index (χ1) is 8.88. The van der Waals surface area contributed by atoms with Gasteiger partial charge in [-0.15, -0.1) is 0 Å². The van der Waals surface area contributed by atoms with Crippen molar-refractivity contribution >= 4 is 6.08 Å². The van der Waals surface area contributed by atoms with Gasteiger partial charge in [-0.1, -0.05) is 55.8 Å². The molecule has 1 fully saturated rings. The van der Waals surface area contributed by atoms with Crippen molar-refractivity contribution in [1.82, 2.24) is 5.32 Å². The van der Waals surface area contributed by atoms with Crippen LogP contribution in [0.25, 0.3) is 6.08 Å². The van der Waals surface area contributed by atoms with Crippen LogP contribution in [0.1, 0.15) is 44.6 Å². The molecule has 0 atom stereocenters. The molecule has 1 nitrogen and oxygen atoms in total. The van der Waals surface area contributed by atoms with Crippen molar-refractivity contribution in [3.63, 3.8) is 0 Å². The highest BCUT2D eigenvalue weighted by Crippen LogP contribution is 2.26. The fraction of sp³-hybridized carbons (Fsp3) is 0.529. The van der Waals surface area contributed by atoms with Gasteiger partial charge in [-0.25, -0.2) is 0 Å². The monoisotopic (exact) mass is 243 g/mol. The molecule has 0 aliphatic heterocycles. The molecule has 0 heterocycles. The molecule has 1 heteroatoms. The molecule has 98 valence electrons. The summed E-state index contributed by atoms with van der Waals surface area (Å²) in [5, 5.41) is 3.65. The highest BCUT2D eigenvalue weighted by atomic mass is 14.9. The van der Waals surface area contributed by atoms with Crippen LogP contribution in [0.5, 0.6) is 0 Å². The number of nitrogens with one attached hydrogen (secondary N) is 1. The molecule has 0 amide bonds. The lowest BCUT2D eigenvalue weighted by molar-refractivity contribution is 0.291. The molecule has 0 radical (unpaired) electrons. The van der Waals surface area contributed by atoms with E-state index in [0.717, 1.165) is 18.5 Å². The van der Waals surface area contributed by atoms with Gasteiger partial charge >= 0.3 is 0 Å². The molecule has 0 unspecified atom stereocenters. The maximum atomic E-state index is 3.65. The van der Waals surface area contributed by atoms with Gasteiger partial charge < -0.3 is 5.32 Å². The van der Waals surface area contributed by atoms with Crippen LogP contribution in [-0.4, -0.2) is 12.6 Å². The molecule has 0 saturated heterocycles. The van der Waals surface area contributed by atoms with Gasteiger partial charge in [0, 0.05) is 12.6 Å². The lowest BCUT2D eigenvalue weighted by Crippen LogP contribution is -2.33. The normalized spacial score (nSPS) is 24.5. The molecule has 18 heavy (non-hydrogen) atoms. The average molecular weight is 243 g/mol. The molecule has 0 bridgehead atoms. The summed E-state index contributed by atoms with van der Waals surface area (Å²) in [6.07, 6.45) is 11.3. The molecular weight excluding hydrogens is 218 g/mol. The third-order valence-electron chi connectivity index (χ3n) is 4.06. The Morgan fingerprint density at radius 2 is 1.83 bits per heavy atom. The maximum Gasteiger partial charge on any atom is 0.0140 e. The first-order valence-electron chi connectivity index (χ1n) is 7.33. The van der Waals surface area contributed by atoms with E-state index in [-0.39, 0.29) is 0 Å². The highest BCUT2D eigenvalue weighted by molar-refractivity contribution is 5.48. The van der Waals surface area contributed by atoms with E-state index in [2.05, 4.69) is 54.7 Å². The van der Waals surface area contributed by atoms with Crippen LogP contribution in [0.4, 0.5) is 0 Å². The Labute approximate surface area is 111 Å². The van der Waals surface area contributed by atoms with Crippen molar-refractivity contribution in [3.8, 4) is 0 Å². The Bertz CT molecular complexity index is 347. The zero-order valence-electron chi connectivity index (χ0n) is 11.4. The first kappa shape index (κ1) is 13.4. The average Bonchev–Trinajstić information content (AvgIpc) is 2.45. The Kier molecular flexibility index (Phi) is 5.47. The van der Waals surface area contributed by atoms with E-state index >= 15 is 0 Å². The number of hydrogen-bond donors (Lipinski definition) is 1. The highest BCUT2D eigenvalue weighted by Gasteiger charge is 2.18. The zero-order chi connectivity index (χ0) is 12.6. The predicted molar refractivity (Wildman–Crippen MR) is 79.5 cm³/mol. The standard InChI is InChI=1S/C17H25N/c1-2-15-10-12-17(13-11-15)18-14-6-9-16-7-4-3-5-8-16/h3-9,15,17-18H,2,10-14H2,1H3. The third-order valence-corrected chi connectivity index (χ3v) is 4.06. The van der Waals surface area contributed by atoms with Crippen LogP contribution >= 0.6 is 0 Å². The molecule has 1 N–H and O–H groups in total. The van der Waals surface area contributed by atoms with Crippen LogP contribution < -0.4 is 5.32 Å². The van der Waals surface area contributed by atoms with Gasteiger partial charge in [-0.2, -0.15) is 0 Å². The van der Waals surface area contributed by atoms with E-state index < -0.39 is 0 Å². The van der Waals surface area contributed by atoms with E-state index in [1.165, 1.54) is 37.7 Å². The van der Waals surface area contributed by atoms with Crippen molar-refractivity contribution in [2.45, 2.75) is 45.1 Å². The summed E-state index contributed by atoms with van der Waals surface area (Å²) in [6, 6.07) is 11.2. The van der Waals surface area contributed by atoms with Gasteiger partial charge in [0.2, 0.25) is 0 Å². The Morgan fingerprint density at radius 1 is 1.11 bits per heavy atom. The van der Waals surface area contributed by atoms with Gasteiger partial charge in [0.05, 0.1) is 0 Å². The van der Waals surface area contributed by atoms with Crippen molar-refractivity contribution in [2.75, 3.05) is 6.54 Å². The molecule has 1 aliphatic carbocycles. The summed E-state index contributed by atoms with van der Waals surface area (Å²) in [4.78, 5) is 0. The molecule has 0 aromatic heterocycles. The summed E-state index contributed by atoms with van der Waals surface area (Å²) in [7, 11) is 0. The van der Waals surface area contributed by atoms with Crippen LogP contribution in [0.2, 0.25) is 0 Å². The lowest BCUT2D eigenvalue weighted by Gasteiger charge is -2.28. The summed E-state index contributed by atoms with van der Waals surface area (Å²) in [5.41, 5.74) is 1.29. The second-order valence-corrected chi connectivity index (χ2v) is 5.35. The van der Waals surface area contributed by atoms with Crippen LogP contribution in [0, 0.1) is 5.92 Å². The Balaban J connectivity index is 1.66. The molecule has 1 aromatic rings. The number of rotatable bonds is 5. The van der Waals surface area contributed by atoms with Gasteiger partial charge in [0.25, 0.3) is 0 Å². The molecule has 0 spiro atoms. The Morgan fingerprint density at radius 3 is 2.50 bits per heavy atom. The van der Waals surface area contributed by atoms with E-state index in [9.17, 15) is 0 Å².